The molecular weight excluding hydrogens is 218 g/mol. The Morgan fingerprint density at radius 3 is 3.00 bits per heavy atom. The first-order valence-electron chi connectivity index (χ1n) is 5.82. The largest absolute Gasteiger partial charge is 0.387 e. The Kier molecular flexibility index (Phi) is 3.58. The summed E-state index contributed by atoms with van der Waals surface area (Å²) in [7, 11) is 0. The summed E-state index contributed by atoms with van der Waals surface area (Å²) >= 11 is 0. The minimum atomic E-state index is -0.559. The van der Waals surface area contributed by atoms with Crippen LogP contribution in [0.5, 0.6) is 0 Å². The minimum absolute atomic E-state index is 0.0436. The SMILES string of the molecule is C[C@@H](O)c1ccc(N2CCCNC(=O)C2)cn1. The zero-order chi connectivity index (χ0) is 12.3. The van der Waals surface area contributed by atoms with Crippen molar-refractivity contribution in [2.24, 2.45) is 0 Å². The Balaban J connectivity index is 2.12. The first-order valence-corrected chi connectivity index (χ1v) is 5.82. The number of aromatic nitrogens is 1. The summed E-state index contributed by atoms with van der Waals surface area (Å²) < 4.78 is 0. The molecule has 0 spiro atoms. The molecule has 1 aromatic rings. The fraction of sp³-hybridized carbons (Fsp3) is 0.500. The van der Waals surface area contributed by atoms with Crippen LogP contribution in [-0.4, -0.2) is 35.6 Å². The molecule has 92 valence electrons. The number of aliphatic hydroxyl groups is 1. The summed E-state index contributed by atoms with van der Waals surface area (Å²) in [4.78, 5) is 17.6. The van der Waals surface area contributed by atoms with Gasteiger partial charge in [0.25, 0.3) is 0 Å². The molecule has 1 saturated heterocycles. The van der Waals surface area contributed by atoms with Crippen LogP contribution in [0, 0.1) is 0 Å². The van der Waals surface area contributed by atoms with Crippen LogP contribution in [-0.2, 0) is 4.79 Å². The van der Waals surface area contributed by atoms with E-state index in [0.717, 1.165) is 25.2 Å². The van der Waals surface area contributed by atoms with Crippen molar-refractivity contribution in [3.63, 3.8) is 0 Å². The maximum absolute atomic E-state index is 11.4. The van der Waals surface area contributed by atoms with Crippen molar-refractivity contribution in [2.45, 2.75) is 19.4 Å². The van der Waals surface area contributed by atoms with Gasteiger partial charge >= 0.3 is 0 Å². The predicted octanol–water partition coefficient (Wildman–Crippen LogP) is 0.461. The third-order valence-corrected chi connectivity index (χ3v) is 2.83. The molecule has 0 bridgehead atoms. The highest BCUT2D eigenvalue weighted by atomic mass is 16.3. The monoisotopic (exact) mass is 235 g/mol. The molecular formula is C12H17N3O2. The van der Waals surface area contributed by atoms with Gasteiger partial charge in [-0.2, -0.15) is 0 Å². The summed E-state index contributed by atoms with van der Waals surface area (Å²) in [6.45, 7) is 3.63. The van der Waals surface area contributed by atoms with Crippen LogP contribution in [0.3, 0.4) is 0 Å². The van der Waals surface area contributed by atoms with E-state index in [1.54, 1.807) is 19.2 Å². The first kappa shape index (κ1) is 11.9. The third kappa shape index (κ3) is 2.94. The van der Waals surface area contributed by atoms with E-state index in [0.29, 0.717) is 12.2 Å². The number of nitrogens with zero attached hydrogens (tertiary/aromatic N) is 2. The molecule has 1 aromatic heterocycles. The summed E-state index contributed by atoms with van der Waals surface area (Å²) in [6, 6.07) is 3.69. The number of carbonyl (C=O) groups excluding carboxylic acids is 1. The third-order valence-electron chi connectivity index (χ3n) is 2.83. The van der Waals surface area contributed by atoms with Gasteiger partial charge in [-0.05, 0) is 25.5 Å². The highest BCUT2D eigenvalue weighted by molar-refractivity contribution is 5.81. The summed E-state index contributed by atoms with van der Waals surface area (Å²) in [5, 5.41) is 12.2. The number of hydrogen-bond donors (Lipinski definition) is 2. The molecule has 5 nitrogen and oxygen atoms in total. The number of anilines is 1. The summed E-state index contributed by atoms with van der Waals surface area (Å²) in [6.07, 6.45) is 2.08. The second kappa shape index (κ2) is 5.14. The van der Waals surface area contributed by atoms with Crippen molar-refractivity contribution in [2.75, 3.05) is 24.5 Å². The molecule has 1 amide bonds. The lowest BCUT2D eigenvalue weighted by Crippen LogP contribution is -2.33. The summed E-state index contributed by atoms with van der Waals surface area (Å²) in [5.74, 6) is 0.0436. The molecule has 2 rings (SSSR count). The topological polar surface area (TPSA) is 65.5 Å². The van der Waals surface area contributed by atoms with Crippen LogP contribution in [0.15, 0.2) is 18.3 Å². The second-order valence-corrected chi connectivity index (χ2v) is 4.24. The molecule has 5 heteroatoms. The zero-order valence-corrected chi connectivity index (χ0v) is 9.89. The van der Waals surface area contributed by atoms with Crippen molar-refractivity contribution in [3.05, 3.63) is 24.0 Å². The summed E-state index contributed by atoms with van der Waals surface area (Å²) in [5.41, 5.74) is 1.57. The van der Waals surface area contributed by atoms with Crippen molar-refractivity contribution >= 4 is 11.6 Å². The number of aliphatic hydroxyl groups excluding tert-OH is 1. The number of nitrogens with one attached hydrogen (secondary N) is 1. The van der Waals surface area contributed by atoms with E-state index in [-0.39, 0.29) is 5.91 Å². The van der Waals surface area contributed by atoms with Gasteiger partial charge in [0.15, 0.2) is 0 Å². The average molecular weight is 235 g/mol. The molecule has 0 aliphatic carbocycles. The average Bonchev–Trinajstić information content (AvgIpc) is 2.54. The van der Waals surface area contributed by atoms with Gasteiger partial charge < -0.3 is 15.3 Å². The van der Waals surface area contributed by atoms with E-state index < -0.39 is 6.10 Å². The normalized spacial score (nSPS) is 18.5. The predicted molar refractivity (Wildman–Crippen MR) is 64.7 cm³/mol. The second-order valence-electron chi connectivity index (χ2n) is 4.24. The molecule has 1 atom stereocenters. The Bertz CT molecular complexity index is 389. The highest BCUT2D eigenvalue weighted by Gasteiger charge is 2.15. The molecule has 17 heavy (non-hydrogen) atoms. The van der Waals surface area contributed by atoms with E-state index in [1.165, 1.54) is 0 Å². The van der Waals surface area contributed by atoms with Gasteiger partial charge in [0, 0.05) is 13.1 Å². The van der Waals surface area contributed by atoms with Gasteiger partial charge in [-0.1, -0.05) is 0 Å². The molecule has 0 saturated carbocycles. The lowest BCUT2D eigenvalue weighted by molar-refractivity contribution is -0.119. The highest BCUT2D eigenvalue weighted by Crippen LogP contribution is 2.17. The van der Waals surface area contributed by atoms with Crippen LogP contribution in [0.1, 0.15) is 25.1 Å². The van der Waals surface area contributed by atoms with Crippen LogP contribution < -0.4 is 10.2 Å². The van der Waals surface area contributed by atoms with E-state index in [1.807, 2.05) is 11.0 Å². The zero-order valence-electron chi connectivity index (χ0n) is 9.89. The fourth-order valence-corrected chi connectivity index (χ4v) is 1.86. The molecule has 1 aliphatic rings. The van der Waals surface area contributed by atoms with Gasteiger partial charge in [0.1, 0.15) is 0 Å². The Labute approximate surface area is 100 Å². The van der Waals surface area contributed by atoms with Crippen LogP contribution in [0.2, 0.25) is 0 Å². The number of pyridine rings is 1. The fourth-order valence-electron chi connectivity index (χ4n) is 1.86. The number of amides is 1. The van der Waals surface area contributed by atoms with Crippen molar-refractivity contribution in [1.29, 1.82) is 0 Å². The number of carbonyl (C=O) groups is 1. The standard InChI is InChI=1S/C12H17N3O2/c1-9(16)11-4-3-10(7-14-11)15-6-2-5-13-12(17)8-15/h3-4,7,9,16H,2,5-6,8H2,1H3,(H,13,17)/t9-/m1/s1. The molecule has 2 N–H and O–H groups in total. The molecule has 1 aliphatic heterocycles. The molecule has 0 radical (unpaired) electrons. The van der Waals surface area contributed by atoms with Gasteiger partial charge in [0.2, 0.25) is 5.91 Å². The molecule has 0 aromatic carbocycles. The Morgan fingerprint density at radius 1 is 1.53 bits per heavy atom. The van der Waals surface area contributed by atoms with Crippen molar-refractivity contribution in [3.8, 4) is 0 Å². The van der Waals surface area contributed by atoms with Crippen LogP contribution in [0.25, 0.3) is 0 Å². The van der Waals surface area contributed by atoms with Gasteiger partial charge in [-0.15, -0.1) is 0 Å². The van der Waals surface area contributed by atoms with Crippen LogP contribution in [0.4, 0.5) is 5.69 Å². The first-order chi connectivity index (χ1) is 8.16. The van der Waals surface area contributed by atoms with E-state index >= 15 is 0 Å². The van der Waals surface area contributed by atoms with Crippen molar-refractivity contribution in [1.82, 2.24) is 10.3 Å². The minimum Gasteiger partial charge on any atom is -0.387 e. The molecule has 2 heterocycles. The maximum atomic E-state index is 11.4. The molecule has 0 unspecified atom stereocenters. The lowest BCUT2D eigenvalue weighted by atomic mass is 10.2. The van der Waals surface area contributed by atoms with Gasteiger partial charge in [-0.3, -0.25) is 9.78 Å². The van der Waals surface area contributed by atoms with Crippen LogP contribution >= 0.6 is 0 Å². The van der Waals surface area contributed by atoms with Gasteiger partial charge in [-0.25, -0.2) is 0 Å². The van der Waals surface area contributed by atoms with E-state index in [4.69, 9.17) is 0 Å². The Hall–Kier alpha value is -1.62. The smallest absolute Gasteiger partial charge is 0.239 e. The number of hydrogen-bond acceptors (Lipinski definition) is 4. The lowest BCUT2D eigenvalue weighted by Gasteiger charge is -2.21. The van der Waals surface area contributed by atoms with Crippen molar-refractivity contribution < 1.29 is 9.90 Å². The quantitative estimate of drug-likeness (QED) is 0.781. The van der Waals surface area contributed by atoms with Gasteiger partial charge in [0.05, 0.1) is 30.2 Å². The van der Waals surface area contributed by atoms with E-state index in [9.17, 15) is 9.90 Å². The molecule has 1 fully saturated rings. The Morgan fingerprint density at radius 2 is 2.35 bits per heavy atom. The maximum Gasteiger partial charge on any atom is 0.239 e. The van der Waals surface area contributed by atoms with E-state index in [2.05, 4.69) is 10.3 Å². The number of rotatable bonds is 2.